The SMILES string of the molecule is CC(C)(C)c1cc(/C(=C(/c2cc(C(C)(C)C)c([O])c3ccccc23)c2cc(C(C)(C)C)c(O)c3ccccc23)c2cc(C(C)(C)C)c(O)c3ccccc23)c2ccccc2c1[O]. The summed E-state index contributed by atoms with van der Waals surface area (Å²) in [6.07, 6.45) is 0. The summed E-state index contributed by atoms with van der Waals surface area (Å²) in [7, 11) is 0. The molecule has 4 heteroatoms. The minimum atomic E-state index is -0.518. The lowest BCUT2D eigenvalue weighted by Gasteiger charge is -2.30. The van der Waals surface area contributed by atoms with Gasteiger partial charge in [-0.15, -0.1) is 0 Å². The number of benzene rings is 8. The van der Waals surface area contributed by atoms with Crippen LogP contribution < -0.4 is 0 Å². The van der Waals surface area contributed by atoms with E-state index in [9.17, 15) is 20.4 Å². The lowest BCUT2D eigenvalue weighted by atomic mass is 9.74. The summed E-state index contributed by atoms with van der Waals surface area (Å²) >= 11 is 0. The van der Waals surface area contributed by atoms with Crippen LogP contribution in [0.1, 0.15) is 128 Å². The van der Waals surface area contributed by atoms with Gasteiger partial charge < -0.3 is 10.2 Å². The van der Waals surface area contributed by atoms with Gasteiger partial charge in [-0.05, 0) is 101 Å². The first-order valence-electron chi connectivity index (χ1n) is 21.7. The number of hydrogen-bond acceptors (Lipinski definition) is 2. The van der Waals surface area contributed by atoms with Crippen molar-refractivity contribution in [2.75, 3.05) is 0 Å². The Bertz CT molecular complexity index is 2710. The van der Waals surface area contributed by atoms with Crippen molar-refractivity contribution in [2.24, 2.45) is 0 Å². The smallest absolute Gasteiger partial charge is 0.190 e. The number of phenols is 2. The van der Waals surface area contributed by atoms with Gasteiger partial charge in [0.2, 0.25) is 0 Å². The highest BCUT2D eigenvalue weighted by atomic mass is 16.3. The fraction of sp³-hybridized carbons (Fsp3) is 0.276. The Hall–Kier alpha value is -6.26. The summed E-state index contributed by atoms with van der Waals surface area (Å²) in [6, 6.07) is 40.3. The maximum Gasteiger partial charge on any atom is 0.190 e. The Balaban J connectivity index is 1.81. The number of phenolic OH excluding ortho intramolecular Hbond substituents is 2. The van der Waals surface area contributed by atoms with Gasteiger partial charge in [0.1, 0.15) is 11.5 Å². The molecule has 0 unspecified atom stereocenters. The summed E-state index contributed by atoms with van der Waals surface area (Å²) in [5.41, 5.74) is 6.15. The number of fused-ring (bicyclic) bond motifs is 4. The molecule has 0 atom stereocenters. The molecular weight excluding hydrogens is 761 g/mol. The number of aromatic hydroxyl groups is 2. The average molecular weight is 819 g/mol. The normalized spacial score (nSPS) is 13.4. The molecule has 8 aromatic carbocycles. The summed E-state index contributed by atoms with van der Waals surface area (Å²) in [5, 5.41) is 59.6. The zero-order valence-electron chi connectivity index (χ0n) is 38.3. The molecule has 4 nitrogen and oxygen atoms in total. The molecule has 8 rings (SSSR count). The lowest BCUT2D eigenvalue weighted by Crippen LogP contribution is -2.15. The van der Waals surface area contributed by atoms with Crippen molar-refractivity contribution in [1.82, 2.24) is 0 Å². The van der Waals surface area contributed by atoms with Crippen LogP contribution in [0.15, 0.2) is 121 Å². The summed E-state index contributed by atoms with van der Waals surface area (Å²) in [6.45, 7) is 25.2. The molecule has 0 saturated carbocycles. The molecule has 2 radical (unpaired) electrons. The molecule has 314 valence electrons. The van der Waals surface area contributed by atoms with E-state index >= 15 is 0 Å². The fourth-order valence-corrected chi connectivity index (χ4v) is 9.33. The Labute approximate surface area is 366 Å². The molecule has 8 aromatic rings. The van der Waals surface area contributed by atoms with E-state index in [1.807, 2.05) is 84.9 Å². The van der Waals surface area contributed by atoms with E-state index in [0.717, 1.165) is 66.1 Å². The van der Waals surface area contributed by atoms with E-state index in [-0.39, 0.29) is 23.0 Å². The van der Waals surface area contributed by atoms with Crippen molar-refractivity contribution in [1.29, 1.82) is 0 Å². The van der Waals surface area contributed by atoms with Crippen LogP contribution in [0.25, 0.3) is 54.2 Å². The van der Waals surface area contributed by atoms with Crippen LogP contribution >= 0.6 is 0 Å². The predicted molar refractivity (Wildman–Crippen MR) is 259 cm³/mol. The predicted octanol–water partition coefficient (Wildman–Crippen LogP) is 16.2. The maximum absolute atomic E-state index is 14.7. The quantitative estimate of drug-likeness (QED) is 0.173. The van der Waals surface area contributed by atoms with Crippen LogP contribution in [0.4, 0.5) is 0 Å². The fourth-order valence-electron chi connectivity index (χ4n) is 9.33. The maximum atomic E-state index is 14.7. The average Bonchev–Trinajstić information content (AvgIpc) is 3.20. The molecule has 62 heavy (non-hydrogen) atoms. The second kappa shape index (κ2) is 14.7. The van der Waals surface area contributed by atoms with Gasteiger partial charge in [-0.2, -0.15) is 0 Å². The largest absolute Gasteiger partial charge is 0.507 e. The third-order valence-corrected chi connectivity index (χ3v) is 12.6. The minimum Gasteiger partial charge on any atom is -0.507 e. The van der Waals surface area contributed by atoms with E-state index in [1.54, 1.807) is 0 Å². The molecule has 0 bridgehead atoms. The Morgan fingerprint density at radius 3 is 0.790 bits per heavy atom. The molecule has 0 aliphatic rings. The molecule has 0 amide bonds. The topological polar surface area (TPSA) is 80.3 Å². The Kier molecular flexibility index (Phi) is 10.1. The molecule has 0 saturated heterocycles. The minimum absolute atomic E-state index is 0.00928. The van der Waals surface area contributed by atoms with Crippen LogP contribution in [0.3, 0.4) is 0 Å². The summed E-state index contributed by atoms with van der Waals surface area (Å²) in [5.74, 6) is 0.443. The number of hydrogen-bond donors (Lipinski definition) is 2. The van der Waals surface area contributed by atoms with Gasteiger partial charge in [-0.1, -0.05) is 180 Å². The molecule has 0 heterocycles. The van der Waals surface area contributed by atoms with Gasteiger partial charge in [0.25, 0.3) is 0 Å². The van der Waals surface area contributed by atoms with Crippen LogP contribution in [-0.2, 0) is 31.9 Å². The Morgan fingerprint density at radius 2 is 0.532 bits per heavy atom. The van der Waals surface area contributed by atoms with E-state index in [4.69, 9.17) is 0 Å². The second-order valence-corrected chi connectivity index (χ2v) is 21.2. The molecule has 0 spiro atoms. The van der Waals surface area contributed by atoms with E-state index < -0.39 is 21.7 Å². The summed E-state index contributed by atoms with van der Waals surface area (Å²) < 4.78 is 0. The third kappa shape index (κ3) is 7.04. The van der Waals surface area contributed by atoms with E-state index in [1.165, 1.54) is 0 Å². The van der Waals surface area contributed by atoms with Gasteiger partial charge in [0, 0.05) is 43.8 Å². The van der Waals surface area contributed by atoms with Gasteiger partial charge in [-0.3, -0.25) is 10.2 Å². The standard InChI is InChI=1S/C58H58O4/c1-55(2,3)45-29-41(33-21-13-17-25-37(33)51(45)59)49(42-30-46(56(4,5)6)52(60)38-26-18-14-22-34(38)42)50(43-31-47(57(7,8)9)53(61)39-27-19-15-23-35(39)43)44-32-48(58(10,11)12)54(62)40-28-20-16-24-36(40)44/h13-32,59,61H,1-12H3/b50-49+. The van der Waals surface area contributed by atoms with E-state index in [0.29, 0.717) is 32.7 Å². The second-order valence-electron chi connectivity index (χ2n) is 21.2. The van der Waals surface area contributed by atoms with Crippen molar-refractivity contribution >= 4 is 54.2 Å². The highest BCUT2D eigenvalue weighted by molar-refractivity contribution is 6.21. The van der Waals surface area contributed by atoms with Gasteiger partial charge in [-0.25, -0.2) is 0 Å². The third-order valence-electron chi connectivity index (χ3n) is 12.6. The zero-order chi connectivity index (χ0) is 44.8. The van der Waals surface area contributed by atoms with Crippen molar-refractivity contribution in [2.45, 2.75) is 105 Å². The molecule has 0 fully saturated rings. The van der Waals surface area contributed by atoms with Crippen LogP contribution in [0.5, 0.6) is 23.0 Å². The van der Waals surface area contributed by atoms with Gasteiger partial charge in [0.05, 0.1) is 0 Å². The molecule has 0 aromatic heterocycles. The Morgan fingerprint density at radius 1 is 0.323 bits per heavy atom. The zero-order valence-corrected chi connectivity index (χ0v) is 38.3. The first-order chi connectivity index (χ1) is 29.0. The first-order valence-corrected chi connectivity index (χ1v) is 21.7. The first kappa shape index (κ1) is 42.4. The summed E-state index contributed by atoms with van der Waals surface area (Å²) in [4.78, 5) is 0. The van der Waals surface area contributed by atoms with Crippen molar-refractivity contribution in [3.8, 4) is 23.0 Å². The number of rotatable bonds is 4. The van der Waals surface area contributed by atoms with Crippen LogP contribution in [-0.4, -0.2) is 10.2 Å². The van der Waals surface area contributed by atoms with Crippen molar-refractivity contribution < 1.29 is 20.4 Å². The monoisotopic (exact) mass is 818 g/mol. The highest BCUT2D eigenvalue weighted by Gasteiger charge is 2.33. The van der Waals surface area contributed by atoms with Crippen molar-refractivity contribution in [3.63, 3.8) is 0 Å². The van der Waals surface area contributed by atoms with Crippen LogP contribution in [0, 0.1) is 0 Å². The highest BCUT2D eigenvalue weighted by Crippen LogP contribution is 2.53. The van der Waals surface area contributed by atoms with Crippen molar-refractivity contribution in [3.05, 3.63) is 166 Å². The lowest BCUT2D eigenvalue weighted by molar-refractivity contribution is 0.345. The van der Waals surface area contributed by atoms with E-state index in [2.05, 4.69) is 119 Å². The van der Waals surface area contributed by atoms with Gasteiger partial charge in [0.15, 0.2) is 11.5 Å². The molecular formula is C58H58O4. The van der Waals surface area contributed by atoms with Crippen LogP contribution in [0.2, 0.25) is 0 Å². The molecule has 2 N–H and O–H groups in total. The molecule has 0 aliphatic carbocycles. The van der Waals surface area contributed by atoms with Gasteiger partial charge >= 0.3 is 0 Å². The molecule has 0 aliphatic heterocycles.